The molecule has 1 aromatic heterocycles. The molecule has 0 unspecified atom stereocenters. The van der Waals surface area contributed by atoms with Crippen LogP contribution in [0.25, 0.3) is 0 Å². The number of aryl methyl sites for hydroxylation is 2. The molecule has 0 saturated heterocycles. The van der Waals surface area contributed by atoms with Gasteiger partial charge < -0.3 is 0 Å². The zero-order valence-corrected chi connectivity index (χ0v) is 11.3. The number of rotatable bonds is 4. The number of nitro benzene ring substituents is 1. The Balaban J connectivity index is 2.10. The van der Waals surface area contributed by atoms with Crippen LogP contribution >= 0.6 is 11.8 Å². The van der Waals surface area contributed by atoms with E-state index in [0.717, 1.165) is 10.7 Å². The van der Waals surface area contributed by atoms with Gasteiger partial charge in [-0.15, -0.1) is 11.8 Å². The average Bonchev–Trinajstić information content (AvgIpc) is 2.65. The van der Waals surface area contributed by atoms with Gasteiger partial charge in [0.2, 0.25) is 5.82 Å². The first-order valence-corrected chi connectivity index (χ1v) is 6.52. The molecular weight excluding hydrogens is 269 g/mol. The third kappa shape index (κ3) is 3.11. The van der Waals surface area contributed by atoms with Gasteiger partial charge in [-0.1, -0.05) is 6.07 Å². The lowest BCUT2D eigenvalue weighted by Gasteiger charge is -2.02. The molecule has 19 heavy (non-hydrogen) atoms. The molecule has 0 N–H and O–H groups in total. The summed E-state index contributed by atoms with van der Waals surface area (Å²) in [5.41, 5.74) is 1.12. The molecule has 0 radical (unpaired) electrons. The third-order valence-corrected chi connectivity index (χ3v) is 3.71. The molecule has 7 heteroatoms. The van der Waals surface area contributed by atoms with Gasteiger partial charge in [0.05, 0.1) is 15.6 Å². The normalized spacial score (nSPS) is 10.7. The minimum Gasteiger partial charge on any atom is -0.262 e. The van der Waals surface area contributed by atoms with Crippen molar-refractivity contribution >= 4 is 17.4 Å². The molecule has 0 spiro atoms. The third-order valence-electron chi connectivity index (χ3n) is 2.55. The largest absolute Gasteiger partial charge is 0.304 e. The molecule has 0 fully saturated rings. The second kappa shape index (κ2) is 5.40. The second-order valence-corrected chi connectivity index (χ2v) is 5.07. The lowest BCUT2D eigenvalue weighted by molar-refractivity contribution is -0.387. The standard InChI is InChI=1S/C12H12FN3O2S/c1-8-5-12(15(2)14-8)19-7-9-3-4-11(16(17)18)10(13)6-9/h3-6H,7H2,1-2H3. The summed E-state index contributed by atoms with van der Waals surface area (Å²) in [6.45, 7) is 1.90. The van der Waals surface area contributed by atoms with Crippen LogP contribution < -0.4 is 0 Å². The molecular formula is C12H12FN3O2S. The predicted molar refractivity (Wildman–Crippen MR) is 70.6 cm³/mol. The van der Waals surface area contributed by atoms with Crippen LogP contribution in [0.3, 0.4) is 0 Å². The van der Waals surface area contributed by atoms with Crippen LogP contribution in [0.15, 0.2) is 29.3 Å². The fourth-order valence-electron chi connectivity index (χ4n) is 1.67. The zero-order chi connectivity index (χ0) is 14.0. The fraction of sp³-hybridized carbons (Fsp3) is 0.250. The first-order chi connectivity index (χ1) is 8.97. The van der Waals surface area contributed by atoms with Gasteiger partial charge in [-0.2, -0.15) is 9.49 Å². The van der Waals surface area contributed by atoms with Crippen LogP contribution in [0.4, 0.5) is 10.1 Å². The van der Waals surface area contributed by atoms with E-state index >= 15 is 0 Å². The van der Waals surface area contributed by atoms with Gasteiger partial charge >= 0.3 is 5.69 Å². The van der Waals surface area contributed by atoms with Crippen LogP contribution in [-0.4, -0.2) is 14.7 Å². The van der Waals surface area contributed by atoms with Gasteiger partial charge in [0, 0.05) is 18.9 Å². The Bertz CT molecular complexity index is 627. The first-order valence-electron chi connectivity index (χ1n) is 5.53. The van der Waals surface area contributed by atoms with Crippen molar-refractivity contribution in [3.05, 3.63) is 51.5 Å². The maximum absolute atomic E-state index is 13.4. The summed E-state index contributed by atoms with van der Waals surface area (Å²) in [6, 6.07) is 5.90. The number of aromatic nitrogens is 2. The molecule has 5 nitrogen and oxygen atoms in total. The number of hydrogen-bond donors (Lipinski definition) is 0. The summed E-state index contributed by atoms with van der Waals surface area (Å²) in [5.74, 6) is -0.266. The molecule has 2 aromatic rings. The molecule has 0 atom stereocenters. The molecule has 0 saturated carbocycles. The van der Waals surface area contributed by atoms with Gasteiger partial charge in [0.1, 0.15) is 0 Å². The maximum atomic E-state index is 13.4. The molecule has 0 aliphatic carbocycles. The average molecular weight is 281 g/mol. The van der Waals surface area contributed by atoms with Gasteiger partial charge in [-0.05, 0) is 24.6 Å². The van der Waals surface area contributed by atoms with Crippen molar-refractivity contribution in [1.29, 1.82) is 0 Å². The summed E-state index contributed by atoms with van der Waals surface area (Å²) >= 11 is 1.51. The minimum absolute atomic E-state index is 0.495. The van der Waals surface area contributed by atoms with E-state index in [-0.39, 0.29) is 0 Å². The molecule has 0 bridgehead atoms. The van der Waals surface area contributed by atoms with Crippen molar-refractivity contribution in [1.82, 2.24) is 9.78 Å². The molecule has 2 rings (SSSR count). The van der Waals surface area contributed by atoms with E-state index < -0.39 is 16.4 Å². The summed E-state index contributed by atoms with van der Waals surface area (Å²) in [7, 11) is 1.84. The lowest BCUT2D eigenvalue weighted by atomic mass is 10.2. The Morgan fingerprint density at radius 1 is 1.47 bits per heavy atom. The highest BCUT2D eigenvalue weighted by molar-refractivity contribution is 7.98. The summed E-state index contributed by atoms with van der Waals surface area (Å²) < 4.78 is 15.2. The Morgan fingerprint density at radius 3 is 2.74 bits per heavy atom. The highest BCUT2D eigenvalue weighted by Gasteiger charge is 2.14. The van der Waals surface area contributed by atoms with Crippen LogP contribution in [0, 0.1) is 22.9 Å². The predicted octanol–water partition coefficient (Wildman–Crippen LogP) is 3.07. The van der Waals surface area contributed by atoms with Gasteiger partial charge in [-0.3, -0.25) is 14.8 Å². The van der Waals surface area contributed by atoms with Crippen molar-refractivity contribution in [2.24, 2.45) is 7.05 Å². The number of halogens is 1. The number of thioether (sulfide) groups is 1. The highest BCUT2D eigenvalue weighted by Crippen LogP contribution is 2.25. The zero-order valence-electron chi connectivity index (χ0n) is 10.5. The van der Waals surface area contributed by atoms with Crippen molar-refractivity contribution in [2.75, 3.05) is 0 Å². The number of hydrogen-bond acceptors (Lipinski definition) is 4. The quantitative estimate of drug-likeness (QED) is 0.491. The summed E-state index contributed by atoms with van der Waals surface area (Å²) in [5, 5.41) is 15.7. The number of nitrogens with zero attached hydrogens (tertiary/aromatic N) is 3. The van der Waals surface area contributed by atoms with E-state index in [2.05, 4.69) is 5.10 Å². The highest BCUT2D eigenvalue weighted by atomic mass is 32.2. The molecule has 0 aliphatic rings. The Kier molecular flexibility index (Phi) is 3.84. The van der Waals surface area contributed by atoms with Crippen LogP contribution in [0.5, 0.6) is 0 Å². The topological polar surface area (TPSA) is 61.0 Å². The first kappa shape index (κ1) is 13.5. The summed E-state index contributed by atoms with van der Waals surface area (Å²) in [6.07, 6.45) is 0. The van der Waals surface area contributed by atoms with E-state index in [1.54, 1.807) is 10.7 Å². The Hall–Kier alpha value is -1.89. The molecule has 0 aliphatic heterocycles. The Morgan fingerprint density at radius 2 is 2.21 bits per heavy atom. The number of benzene rings is 1. The van der Waals surface area contributed by atoms with Crippen molar-refractivity contribution < 1.29 is 9.31 Å². The van der Waals surface area contributed by atoms with E-state index in [1.807, 2.05) is 20.0 Å². The maximum Gasteiger partial charge on any atom is 0.304 e. The lowest BCUT2D eigenvalue weighted by Crippen LogP contribution is -1.95. The minimum atomic E-state index is -0.802. The van der Waals surface area contributed by atoms with Crippen LogP contribution in [0.1, 0.15) is 11.3 Å². The van der Waals surface area contributed by atoms with Gasteiger partial charge in [-0.25, -0.2) is 0 Å². The van der Waals surface area contributed by atoms with E-state index in [1.165, 1.54) is 23.9 Å². The van der Waals surface area contributed by atoms with E-state index in [0.29, 0.717) is 11.3 Å². The molecule has 1 aromatic carbocycles. The molecule has 1 heterocycles. The summed E-state index contributed by atoms with van der Waals surface area (Å²) in [4.78, 5) is 9.78. The van der Waals surface area contributed by atoms with Crippen molar-refractivity contribution in [2.45, 2.75) is 17.7 Å². The molecule has 100 valence electrons. The smallest absolute Gasteiger partial charge is 0.262 e. The van der Waals surface area contributed by atoms with Gasteiger partial charge in [0.25, 0.3) is 0 Å². The van der Waals surface area contributed by atoms with Crippen LogP contribution in [-0.2, 0) is 12.8 Å². The second-order valence-electron chi connectivity index (χ2n) is 4.08. The van der Waals surface area contributed by atoms with Crippen molar-refractivity contribution in [3.8, 4) is 0 Å². The van der Waals surface area contributed by atoms with Crippen LogP contribution in [0.2, 0.25) is 0 Å². The van der Waals surface area contributed by atoms with Gasteiger partial charge in [0.15, 0.2) is 0 Å². The molecule has 0 amide bonds. The van der Waals surface area contributed by atoms with Crippen molar-refractivity contribution in [3.63, 3.8) is 0 Å². The number of nitro groups is 1. The SMILES string of the molecule is Cc1cc(SCc2ccc([N+](=O)[O-])c(F)c2)n(C)n1. The monoisotopic (exact) mass is 281 g/mol. The van der Waals surface area contributed by atoms with E-state index in [9.17, 15) is 14.5 Å². The Labute approximate surface area is 113 Å². The fourth-order valence-corrected chi connectivity index (χ4v) is 2.64. The van der Waals surface area contributed by atoms with E-state index in [4.69, 9.17) is 0 Å².